The molecule has 3 aromatic carbocycles. The van der Waals surface area contributed by atoms with Crippen molar-refractivity contribution in [1.82, 2.24) is 0 Å². The molecule has 2 atom stereocenters. The Labute approximate surface area is 185 Å². The minimum atomic E-state index is -0.469. The number of imide groups is 1. The van der Waals surface area contributed by atoms with Gasteiger partial charge in [-0.15, -0.1) is 0 Å². The molecule has 0 radical (unpaired) electrons. The lowest BCUT2D eigenvalue weighted by molar-refractivity contribution is -0.122. The molecule has 7 rings (SSSR count). The van der Waals surface area contributed by atoms with E-state index in [-0.39, 0.29) is 29.4 Å². The Hall–Kier alpha value is -3.73. The molecule has 32 heavy (non-hydrogen) atoms. The molecule has 4 aliphatic rings. The van der Waals surface area contributed by atoms with Gasteiger partial charge in [0.15, 0.2) is 5.78 Å². The normalized spacial score (nSPS) is 24.8. The molecule has 5 heteroatoms. The van der Waals surface area contributed by atoms with Gasteiger partial charge in [0.2, 0.25) is 11.8 Å². The van der Waals surface area contributed by atoms with Gasteiger partial charge in [0.25, 0.3) is 0 Å². The van der Waals surface area contributed by atoms with E-state index < -0.39 is 11.8 Å². The number of ether oxygens (including phenoxy) is 1. The van der Waals surface area contributed by atoms with Gasteiger partial charge in [-0.3, -0.25) is 14.4 Å². The van der Waals surface area contributed by atoms with Crippen molar-refractivity contribution < 1.29 is 19.1 Å². The summed E-state index contributed by atoms with van der Waals surface area (Å²) in [5, 5.41) is 0. The fourth-order valence-electron chi connectivity index (χ4n) is 6.00. The summed E-state index contributed by atoms with van der Waals surface area (Å²) in [6.45, 7) is 1.46. The van der Waals surface area contributed by atoms with E-state index in [1.807, 2.05) is 24.3 Å². The summed E-state index contributed by atoms with van der Waals surface area (Å²) < 4.78 is 5.48. The summed E-state index contributed by atoms with van der Waals surface area (Å²) in [5.41, 5.74) is 5.30. The second kappa shape index (κ2) is 6.63. The summed E-state index contributed by atoms with van der Waals surface area (Å²) in [5.74, 6) is -1.45. The van der Waals surface area contributed by atoms with Crippen LogP contribution in [-0.4, -0.2) is 24.7 Å². The van der Waals surface area contributed by atoms with E-state index in [0.717, 1.165) is 22.3 Å². The average molecular weight is 423 g/mol. The molecule has 2 amide bonds. The lowest BCUT2D eigenvalue weighted by Gasteiger charge is -2.45. The molecule has 0 N–H and O–H groups in total. The van der Waals surface area contributed by atoms with Crippen LogP contribution >= 0.6 is 0 Å². The highest BCUT2D eigenvalue weighted by Gasteiger charge is 2.62. The molecule has 1 heterocycles. The summed E-state index contributed by atoms with van der Waals surface area (Å²) >= 11 is 0. The van der Waals surface area contributed by atoms with E-state index in [1.165, 1.54) is 18.9 Å². The standard InChI is InChI=1S/C27H21NO4/c1-14(29)15-11-12-21(32-2)20(13-15)28-26(30)24-22-16-7-3-4-8-17(16)23(25(24)27(28)31)19-10-6-5-9-18(19)22/h3-13,22-25H,1-2H3. The first-order chi connectivity index (χ1) is 15.5. The maximum absolute atomic E-state index is 13.9. The van der Waals surface area contributed by atoms with Crippen molar-refractivity contribution >= 4 is 23.3 Å². The number of benzene rings is 3. The van der Waals surface area contributed by atoms with E-state index in [9.17, 15) is 14.4 Å². The Morgan fingerprint density at radius 3 is 1.66 bits per heavy atom. The van der Waals surface area contributed by atoms with E-state index >= 15 is 0 Å². The SMILES string of the molecule is COc1ccc(C(C)=O)cc1N1C(=O)C2C3c4ccccc4C(c4ccccc43)C2C1=O. The number of nitrogens with zero attached hydrogens (tertiary/aromatic N) is 1. The number of hydrogen-bond acceptors (Lipinski definition) is 4. The molecule has 1 aliphatic heterocycles. The van der Waals surface area contributed by atoms with Crippen molar-refractivity contribution in [2.75, 3.05) is 12.0 Å². The van der Waals surface area contributed by atoms with Crippen LogP contribution < -0.4 is 9.64 Å². The topological polar surface area (TPSA) is 63.7 Å². The maximum atomic E-state index is 13.9. The molecular weight excluding hydrogens is 402 g/mol. The van der Waals surface area contributed by atoms with Crippen LogP contribution in [0.2, 0.25) is 0 Å². The van der Waals surface area contributed by atoms with E-state index in [1.54, 1.807) is 18.2 Å². The number of ketones is 1. The third-order valence-electron chi connectivity index (χ3n) is 7.27. The lowest BCUT2D eigenvalue weighted by atomic mass is 9.55. The molecule has 0 aromatic heterocycles. The number of rotatable bonds is 3. The summed E-state index contributed by atoms with van der Waals surface area (Å²) in [6, 6.07) is 21.2. The predicted octanol–water partition coefficient (Wildman–Crippen LogP) is 4.29. The minimum absolute atomic E-state index is 0.134. The third-order valence-corrected chi connectivity index (χ3v) is 7.27. The van der Waals surface area contributed by atoms with Crippen LogP contribution in [0.15, 0.2) is 66.7 Å². The Kier molecular flexibility index (Phi) is 3.94. The predicted molar refractivity (Wildman–Crippen MR) is 119 cm³/mol. The highest BCUT2D eigenvalue weighted by Crippen LogP contribution is 2.61. The highest BCUT2D eigenvalue weighted by molar-refractivity contribution is 6.24. The molecule has 2 unspecified atom stereocenters. The number of hydrogen-bond donors (Lipinski definition) is 0. The van der Waals surface area contributed by atoms with Crippen molar-refractivity contribution in [3.63, 3.8) is 0 Å². The number of anilines is 1. The molecule has 0 saturated carbocycles. The van der Waals surface area contributed by atoms with Crippen molar-refractivity contribution in [2.24, 2.45) is 11.8 Å². The molecule has 3 aliphatic carbocycles. The highest BCUT2D eigenvalue weighted by atomic mass is 16.5. The Morgan fingerprint density at radius 2 is 1.25 bits per heavy atom. The van der Waals surface area contributed by atoms with Gasteiger partial charge in [-0.1, -0.05) is 48.5 Å². The number of Topliss-reactive ketones (excluding diaryl/α,β-unsaturated/α-hetero) is 1. The molecule has 158 valence electrons. The maximum Gasteiger partial charge on any atom is 0.238 e. The largest absolute Gasteiger partial charge is 0.495 e. The summed E-state index contributed by atoms with van der Waals surface area (Å²) in [6.07, 6.45) is 0. The van der Waals surface area contributed by atoms with Gasteiger partial charge in [-0.2, -0.15) is 0 Å². The van der Waals surface area contributed by atoms with E-state index in [4.69, 9.17) is 4.74 Å². The zero-order valence-electron chi connectivity index (χ0n) is 17.7. The first kappa shape index (κ1) is 19.0. The van der Waals surface area contributed by atoms with Crippen molar-refractivity contribution in [1.29, 1.82) is 0 Å². The van der Waals surface area contributed by atoms with Crippen molar-refractivity contribution in [3.8, 4) is 5.75 Å². The molecule has 3 aromatic rings. The van der Waals surface area contributed by atoms with Crippen molar-refractivity contribution in [2.45, 2.75) is 18.8 Å². The van der Waals surface area contributed by atoms with Gasteiger partial charge in [-0.25, -0.2) is 4.90 Å². The minimum Gasteiger partial charge on any atom is -0.495 e. The number of carbonyl (C=O) groups excluding carboxylic acids is 3. The molecular formula is C27H21NO4. The Bertz CT molecular complexity index is 1210. The van der Waals surface area contributed by atoms with Crippen LogP contribution in [0.4, 0.5) is 5.69 Å². The second-order valence-electron chi connectivity index (χ2n) is 8.72. The number of methoxy groups -OCH3 is 1. The van der Waals surface area contributed by atoms with Gasteiger partial charge in [0, 0.05) is 17.4 Å². The smallest absolute Gasteiger partial charge is 0.238 e. The molecule has 1 saturated heterocycles. The Balaban J connectivity index is 1.56. The second-order valence-corrected chi connectivity index (χ2v) is 8.72. The molecule has 2 bridgehead atoms. The quantitative estimate of drug-likeness (QED) is 0.466. The Morgan fingerprint density at radius 1 is 0.781 bits per heavy atom. The summed E-state index contributed by atoms with van der Waals surface area (Å²) in [7, 11) is 1.50. The van der Waals surface area contributed by atoms with Gasteiger partial charge >= 0.3 is 0 Å². The number of amides is 2. The fourth-order valence-corrected chi connectivity index (χ4v) is 6.00. The summed E-state index contributed by atoms with van der Waals surface area (Å²) in [4.78, 5) is 41.0. The van der Waals surface area contributed by atoms with E-state index in [2.05, 4.69) is 24.3 Å². The van der Waals surface area contributed by atoms with Crippen LogP contribution in [0.3, 0.4) is 0 Å². The first-order valence-corrected chi connectivity index (χ1v) is 10.8. The van der Waals surface area contributed by atoms with Gasteiger partial charge in [0.05, 0.1) is 24.6 Å². The lowest BCUT2D eigenvalue weighted by Crippen LogP contribution is -2.41. The van der Waals surface area contributed by atoms with Crippen LogP contribution in [-0.2, 0) is 9.59 Å². The van der Waals surface area contributed by atoms with Gasteiger partial charge in [0.1, 0.15) is 5.75 Å². The third kappa shape index (κ3) is 2.31. The number of carbonyl (C=O) groups is 3. The van der Waals surface area contributed by atoms with Crippen LogP contribution in [0.5, 0.6) is 5.75 Å². The fraction of sp³-hybridized carbons (Fsp3) is 0.222. The zero-order valence-corrected chi connectivity index (χ0v) is 17.7. The molecule has 5 nitrogen and oxygen atoms in total. The zero-order chi connectivity index (χ0) is 22.1. The molecule has 1 fully saturated rings. The monoisotopic (exact) mass is 423 g/mol. The van der Waals surface area contributed by atoms with Crippen LogP contribution in [0.1, 0.15) is 51.4 Å². The van der Waals surface area contributed by atoms with Crippen LogP contribution in [0.25, 0.3) is 0 Å². The molecule has 0 spiro atoms. The van der Waals surface area contributed by atoms with Gasteiger partial charge < -0.3 is 4.74 Å². The van der Waals surface area contributed by atoms with Crippen LogP contribution in [0, 0.1) is 11.8 Å². The average Bonchev–Trinajstić information content (AvgIpc) is 3.09. The van der Waals surface area contributed by atoms with E-state index in [0.29, 0.717) is 17.0 Å². The van der Waals surface area contributed by atoms with Crippen molar-refractivity contribution in [3.05, 3.63) is 94.5 Å². The van der Waals surface area contributed by atoms with Gasteiger partial charge in [-0.05, 0) is 47.4 Å². The first-order valence-electron chi connectivity index (χ1n) is 10.8.